The van der Waals surface area contributed by atoms with Crippen LogP contribution in [0.2, 0.25) is 0 Å². The molecule has 30 heavy (non-hydrogen) atoms. The summed E-state index contributed by atoms with van der Waals surface area (Å²) in [4.78, 5) is 0. The van der Waals surface area contributed by atoms with Crippen LogP contribution in [-0.2, 0) is 0 Å². The summed E-state index contributed by atoms with van der Waals surface area (Å²) in [5, 5.41) is 7.63. The maximum atomic E-state index is 5.98. The molecule has 140 valence electrons. The van der Waals surface area contributed by atoms with Crippen molar-refractivity contribution in [1.82, 2.24) is 0 Å². The van der Waals surface area contributed by atoms with Gasteiger partial charge in [-0.05, 0) is 46.2 Å². The Kier molecular flexibility index (Phi) is 4.03. The van der Waals surface area contributed by atoms with Crippen LogP contribution in [0.4, 0.5) is 0 Å². The second-order valence-electron chi connectivity index (χ2n) is 7.58. The van der Waals surface area contributed by atoms with Gasteiger partial charge in [-0.1, -0.05) is 95.3 Å². The van der Waals surface area contributed by atoms with Gasteiger partial charge >= 0.3 is 0 Å². The number of rotatable bonds is 3. The zero-order chi connectivity index (χ0) is 19.9. The molecule has 1 nitrogen and oxygen atoms in total. The zero-order valence-electron chi connectivity index (χ0n) is 16.3. The Bertz CT molecular complexity index is 1510. The van der Waals surface area contributed by atoms with Gasteiger partial charge in [-0.3, -0.25) is 0 Å². The van der Waals surface area contributed by atoms with Crippen LogP contribution in [0.1, 0.15) is 0 Å². The second kappa shape index (κ2) is 7.01. The Morgan fingerprint density at radius 2 is 1.17 bits per heavy atom. The van der Waals surface area contributed by atoms with E-state index in [-0.39, 0.29) is 0 Å². The molecular formula is C28H18OSi. The molecule has 0 spiro atoms. The fourth-order valence-corrected chi connectivity index (χ4v) is 5.18. The molecule has 0 bridgehead atoms. The van der Waals surface area contributed by atoms with Gasteiger partial charge in [0.2, 0.25) is 0 Å². The third-order valence-electron chi connectivity index (χ3n) is 5.61. The van der Waals surface area contributed by atoms with E-state index in [2.05, 4.69) is 97.1 Å². The van der Waals surface area contributed by atoms with Crippen molar-refractivity contribution in [2.45, 2.75) is 0 Å². The second-order valence-corrected chi connectivity index (χ2v) is 8.98. The van der Waals surface area contributed by atoms with Crippen molar-refractivity contribution in [2.24, 2.45) is 0 Å². The van der Waals surface area contributed by atoms with E-state index in [0.29, 0.717) is 9.52 Å². The summed E-state index contributed by atoms with van der Waals surface area (Å²) < 4.78 is 5.98. The highest BCUT2D eigenvalue weighted by Gasteiger charge is 2.09. The van der Waals surface area contributed by atoms with Gasteiger partial charge in [0.25, 0.3) is 0 Å². The van der Waals surface area contributed by atoms with Gasteiger partial charge in [0.1, 0.15) is 20.7 Å². The van der Waals surface area contributed by atoms with E-state index in [1.54, 1.807) is 0 Å². The van der Waals surface area contributed by atoms with Crippen molar-refractivity contribution in [3.05, 3.63) is 109 Å². The van der Waals surface area contributed by atoms with E-state index in [1.807, 2.05) is 12.1 Å². The largest absolute Gasteiger partial charge is 0.456 e. The van der Waals surface area contributed by atoms with Crippen molar-refractivity contribution >= 4 is 52.6 Å². The van der Waals surface area contributed by atoms with Crippen LogP contribution in [0.5, 0.6) is 0 Å². The number of furan rings is 1. The lowest BCUT2D eigenvalue weighted by Crippen LogP contribution is -2.26. The van der Waals surface area contributed by atoms with Gasteiger partial charge < -0.3 is 4.42 Å². The van der Waals surface area contributed by atoms with E-state index >= 15 is 0 Å². The first-order valence-corrected chi connectivity index (χ1v) is 11.1. The molecule has 1 heterocycles. The summed E-state index contributed by atoms with van der Waals surface area (Å²) in [7, 11) is 0.683. The van der Waals surface area contributed by atoms with Crippen molar-refractivity contribution < 1.29 is 4.42 Å². The van der Waals surface area contributed by atoms with E-state index in [9.17, 15) is 0 Å². The SMILES string of the molecule is c1ccc([Si]c2ccc3cc(-c4ccc5oc6ccccc6c5c4)ccc3c2)cc1. The van der Waals surface area contributed by atoms with E-state index < -0.39 is 0 Å². The van der Waals surface area contributed by atoms with Crippen LogP contribution in [0.3, 0.4) is 0 Å². The van der Waals surface area contributed by atoms with Crippen molar-refractivity contribution in [1.29, 1.82) is 0 Å². The lowest BCUT2D eigenvalue weighted by molar-refractivity contribution is 0.669. The van der Waals surface area contributed by atoms with Crippen LogP contribution >= 0.6 is 0 Å². The van der Waals surface area contributed by atoms with Crippen molar-refractivity contribution in [2.75, 3.05) is 0 Å². The standard InChI is InChI=1S/C28H18OSi/c1-2-6-23(7-3-1)30-24-14-12-20-16-19(10-11-21(20)17-24)22-13-15-28-26(18-22)25-8-4-5-9-27(25)29-28/h1-18H. The molecule has 6 aromatic rings. The van der Waals surface area contributed by atoms with Crippen LogP contribution < -0.4 is 10.4 Å². The Hall–Kier alpha value is -3.62. The molecule has 0 aliphatic rings. The molecule has 0 saturated heterocycles. The van der Waals surface area contributed by atoms with Crippen molar-refractivity contribution in [3.63, 3.8) is 0 Å². The number of fused-ring (bicyclic) bond motifs is 4. The molecular weight excluding hydrogens is 380 g/mol. The number of hydrogen-bond acceptors (Lipinski definition) is 1. The predicted octanol–water partition coefficient (Wildman–Crippen LogP) is 6.06. The average molecular weight is 399 g/mol. The smallest absolute Gasteiger partial charge is 0.135 e. The molecule has 0 aliphatic carbocycles. The summed E-state index contributed by atoms with van der Waals surface area (Å²) in [6.07, 6.45) is 0. The molecule has 5 aromatic carbocycles. The normalized spacial score (nSPS) is 11.5. The maximum absolute atomic E-state index is 5.98. The van der Waals surface area contributed by atoms with E-state index in [1.165, 1.54) is 43.0 Å². The molecule has 0 atom stereocenters. The first-order chi connectivity index (χ1) is 14.8. The number of hydrogen-bond donors (Lipinski definition) is 0. The first kappa shape index (κ1) is 17.3. The van der Waals surface area contributed by atoms with Gasteiger partial charge in [-0.25, -0.2) is 0 Å². The van der Waals surface area contributed by atoms with Crippen LogP contribution in [0, 0.1) is 0 Å². The third kappa shape index (κ3) is 3.02. The fraction of sp³-hybridized carbons (Fsp3) is 0. The lowest BCUT2D eigenvalue weighted by atomic mass is 9.99. The quantitative estimate of drug-likeness (QED) is 0.330. The summed E-state index contributed by atoms with van der Waals surface area (Å²) >= 11 is 0. The molecule has 1 aromatic heterocycles. The minimum absolute atomic E-state index is 0.683. The minimum Gasteiger partial charge on any atom is -0.456 e. The minimum atomic E-state index is 0.683. The predicted molar refractivity (Wildman–Crippen MR) is 128 cm³/mol. The van der Waals surface area contributed by atoms with Gasteiger partial charge in [0.05, 0.1) is 0 Å². The molecule has 0 saturated carbocycles. The molecule has 0 amide bonds. The molecule has 2 heteroatoms. The third-order valence-corrected chi connectivity index (χ3v) is 6.83. The summed E-state index contributed by atoms with van der Waals surface area (Å²) in [6.45, 7) is 0. The number of para-hydroxylation sites is 1. The lowest BCUT2D eigenvalue weighted by Gasteiger charge is -2.07. The first-order valence-electron chi connectivity index (χ1n) is 10.1. The topological polar surface area (TPSA) is 13.1 Å². The van der Waals surface area contributed by atoms with Gasteiger partial charge in [-0.15, -0.1) is 0 Å². The summed E-state index contributed by atoms with van der Waals surface area (Å²) in [6, 6.07) is 38.9. The molecule has 0 N–H and O–H groups in total. The van der Waals surface area contributed by atoms with Crippen LogP contribution in [0.25, 0.3) is 43.8 Å². The maximum Gasteiger partial charge on any atom is 0.135 e. The molecule has 0 unspecified atom stereocenters. The van der Waals surface area contributed by atoms with E-state index in [0.717, 1.165) is 11.2 Å². The summed E-state index contributed by atoms with van der Waals surface area (Å²) in [5.74, 6) is 0. The summed E-state index contributed by atoms with van der Waals surface area (Å²) in [5.41, 5.74) is 4.32. The van der Waals surface area contributed by atoms with Gasteiger partial charge in [-0.2, -0.15) is 0 Å². The van der Waals surface area contributed by atoms with Crippen molar-refractivity contribution in [3.8, 4) is 11.1 Å². The fourth-order valence-electron chi connectivity index (χ4n) is 4.10. The Labute approximate surface area is 177 Å². The molecule has 2 radical (unpaired) electrons. The zero-order valence-corrected chi connectivity index (χ0v) is 17.3. The van der Waals surface area contributed by atoms with Crippen LogP contribution in [-0.4, -0.2) is 9.52 Å². The Morgan fingerprint density at radius 3 is 2.10 bits per heavy atom. The van der Waals surface area contributed by atoms with E-state index in [4.69, 9.17) is 4.42 Å². The number of benzene rings is 5. The molecule has 0 fully saturated rings. The average Bonchev–Trinajstić information content (AvgIpc) is 3.17. The van der Waals surface area contributed by atoms with Crippen LogP contribution in [0.15, 0.2) is 114 Å². The molecule has 0 aliphatic heterocycles. The van der Waals surface area contributed by atoms with Gasteiger partial charge in [0, 0.05) is 10.8 Å². The van der Waals surface area contributed by atoms with Gasteiger partial charge in [0.15, 0.2) is 0 Å². The highest BCUT2D eigenvalue weighted by Crippen LogP contribution is 2.33. The Morgan fingerprint density at radius 1 is 0.467 bits per heavy atom. The highest BCUT2D eigenvalue weighted by molar-refractivity contribution is 6.67. The molecule has 6 rings (SSSR count). The Balaban J connectivity index is 1.39. The monoisotopic (exact) mass is 398 g/mol. The highest BCUT2D eigenvalue weighted by atomic mass is 28.2.